The first-order valence-electron chi connectivity index (χ1n) is 5.24. The lowest BCUT2D eigenvalue weighted by molar-refractivity contribution is 0.0596. The third kappa shape index (κ3) is 3.18. The number of hydrogen-bond acceptors (Lipinski definition) is 4. The summed E-state index contributed by atoms with van der Waals surface area (Å²) in [5.41, 5.74) is 0.00348. The van der Waals surface area contributed by atoms with Gasteiger partial charge in [-0.1, -0.05) is 18.2 Å². The van der Waals surface area contributed by atoms with E-state index in [2.05, 4.69) is 16.0 Å². The average molecular weight is 269 g/mol. The second-order valence-electron chi connectivity index (χ2n) is 3.63. The molecule has 6 heteroatoms. The van der Waals surface area contributed by atoms with E-state index >= 15 is 0 Å². The molecule has 0 fully saturated rings. The third-order valence-corrected chi connectivity index (χ3v) is 3.89. The molecule has 0 saturated heterocycles. The first-order chi connectivity index (χ1) is 8.42. The van der Waals surface area contributed by atoms with Crippen LogP contribution in [0.15, 0.2) is 41.8 Å². The molecule has 98 valence electrons. The maximum absolute atomic E-state index is 12.1. The fraction of sp³-hybridized carbons (Fsp3) is 0.250. The van der Waals surface area contributed by atoms with Crippen molar-refractivity contribution in [2.24, 2.45) is 0 Å². The van der Waals surface area contributed by atoms with Crippen LogP contribution in [0.2, 0.25) is 0 Å². The normalized spacial score (nSPS) is 12.8. The standard InChI is InChI=1S/C12H15NO4S/c1-4-9(2)13-18(15,16)11-8-6-5-7-10(11)12(14)17-3/h4-9,13H,1H2,2-3H3. The number of esters is 1. The number of rotatable bonds is 5. The van der Waals surface area contributed by atoms with Gasteiger partial charge in [0, 0.05) is 6.04 Å². The third-order valence-electron chi connectivity index (χ3n) is 2.28. The minimum absolute atomic E-state index is 0.00348. The molecule has 0 radical (unpaired) electrons. The van der Waals surface area contributed by atoms with Crippen LogP contribution in [0.3, 0.4) is 0 Å². The quantitative estimate of drug-likeness (QED) is 0.646. The van der Waals surface area contributed by atoms with Gasteiger partial charge in [-0.25, -0.2) is 17.9 Å². The fourth-order valence-corrected chi connectivity index (χ4v) is 2.75. The Morgan fingerprint density at radius 1 is 1.44 bits per heavy atom. The molecule has 1 N–H and O–H groups in total. The number of carbonyl (C=O) groups is 1. The molecule has 0 aromatic heterocycles. The van der Waals surface area contributed by atoms with Crippen LogP contribution in [0.25, 0.3) is 0 Å². The van der Waals surface area contributed by atoms with E-state index < -0.39 is 22.0 Å². The number of carbonyl (C=O) groups excluding carboxylic acids is 1. The summed E-state index contributed by atoms with van der Waals surface area (Å²) in [7, 11) is -2.58. The molecule has 0 bridgehead atoms. The Balaban J connectivity index is 3.24. The van der Waals surface area contributed by atoms with Crippen molar-refractivity contribution >= 4 is 16.0 Å². The first kappa shape index (κ1) is 14.4. The molecule has 0 aliphatic carbocycles. The highest BCUT2D eigenvalue weighted by atomic mass is 32.2. The molecule has 18 heavy (non-hydrogen) atoms. The van der Waals surface area contributed by atoms with Gasteiger partial charge in [-0.3, -0.25) is 0 Å². The summed E-state index contributed by atoms with van der Waals surface area (Å²) in [6, 6.07) is 5.44. The maximum Gasteiger partial charge on any atom is 0.339 e. The summed E-state index contributed by atoms with van der Waals surface area (Å²) in [4.78, 5) is 11.4. The van der Waals surface area contributed by atoms with Gasteiger partial charge in [0.05, 0.1) is 17.6 Å². The molecule has 0 spiro atoms. The monoisotopic (exact) mass is 269 g/mol. The van der Waals surface area contributed by atoms with Crippen molar-refractivity contribution in [2.75, 3.05) is 7.11 Å². The van der Waals surface area contributed by atoms with Gasteiger partial charge in [0.25, 0.3) is 0 Å². The molecule has 0 aliphatic rings. The van der Waals surface area contributed by atoms with Gasteiger partial charge >= 0.3 is 5.97 Å². The minimum atomic E-state index is -3.78. The number of ether oxygens (including phenoxy) is 1. The summed E-state index contributed by atoms with van der Waals surface area (Å²) in [6.45, 7) is 5.14. The van der Waals surface area contributed by atoms with Gasteiger partial charge in [-0.15, -0.1) is 6.58 Å². The minimum Gasteiger partial charge on any atom is -0.465 e. The lowest BCUT2D eigenvalue weighted by Crippen LogP contribution is -2.32. The number of sulfonamides is 1. The molecule has 1 unspecified atom stereocenters. The van der Waals surface area contributed by atoms with E-state index in [4.69, 9.17) is 0 Å². The SMILES string of the molecule is C=CC(C)NS(=O)(=O)c1ccccc1C(=O)OC. The summed E-state index contributed by atoms with van der Waals surface area (Å²) in [5, 5.41) is 0. The molecular formula is C12H15NO4S. The van der Waals surface area contributed by atoms with Crippen LogP contribution in [-0.4, -0.2) is 27.5 Å². The zero-order chi connectivity index (χ0) is 13.8. The van der Waals surface area contributed by atoms with E-state index in [0.717, 1.165) is 0 Å². The van der Waals surface area contributed by atoms with Gasteiger partial charge in [0.1, 0.15) is 0 Å². The van der Waals surface area contributed by atoms with Crippen molar-refractivity contribution in [2.45, 2.75) is 17.9 Å². The van der Waals surface area contributed by atoms with Gasteiger partial charge < -0.3 is 4.74 Å². The second kappa shape index (κ2) is 5.79. The molecule has 1 rings (SSSR count). The Hall–Kier alpha value is -1.66. The van der Waals surface area contributed by atoms with Crippen molar-refractivity contribution in [1.82, 2.24) is 4.72 Å². The van der Waals surface area contributed by atoms with Crippen LogP contribution in [0.5, 0.6) is 0 Å². The zero-order valence-electron chi connectivity index (χ0n) is 10.2. The Labute approximate surface area is 107 Å². The number of nitrogens with one attached hydrogen (secondary N) is 1. The van der Waals surface area contributed by atoms with Crippen molar-refractivity contribution in [1.29, 1.82) is 0 Å². The average Bonchev–Trinajstić information content (AvgIpc) is 2.37. The van der Waals surface area contributed by atoms with Crippen LogP contribution < -0.4 is 4.72 Å². The smallest absolute Gasteiger partial charge is 0.339 e. The molecular weight excluding hydrogens is 254 g/mol. The number of methoxy groups -OCH3 is 1. The molecule has 1 atom stereocenters. The summed E-state index contributed by atoms with van der Waals surface area (Å²) >= 11 is 0. The first-order valence-corrected chi connectivity index (χ1v) is 6.73. The molecule has 0 amide bonds. The summed E-state index contributed by atoms with van der Waals surface area (Å²) in [6.07, 6.45) is 1.46. The number of hydrogen-bond donors (Lipinski definition) is 1. The molecule has 0 heterocycles. The highest BCUT2D eigenvalue weighted by Crippen LogP contribution is 2.16. The van der Waals surface area contributed by atoms with E-state index in [-0.39, 0.29) is 10.5 Å². The fourth-order valence-electron chi connectivity index (χ4n) is 1.34. The summed E-state index contributed by atoms with van der Waals surface area (Å²) < 4.78 is 31.1. The van der Waals surface area contributed by atoms with Crippen LogP contribution in [0, 0.1) is 0 Å². The highest BCUT2D eigenvalue weighted by molar-refractivity contribution is 7.89. The maximum atomic E-state index is 12.1. The second-order valence-corrected chi connectivity index (χ2v) is 5.32. The van der Waals surface area contributed by atoms with E-state index in [0.29, 0.717) is 0 Å². The molecule has 1 aromatic carbocycles. The van der Waals surface area contributed by atoms with Crippen molar-refractivity contribution in [3.63, 3.8) is 0 Å². The Morgan fingerprint density at radius 3 is 2.61 bits per heavy atom. The van der Waals surface area contributed by atoms with Gasteiger partial charge in [-0.2, -0.15) is 0 Å². The highest BCUT2D eigenvalue weighted by Gasteiger charge is 2.23. The van der Waals surface area contributed by atoms with Crippen molar-refractivity contribution in [3.8, 4) is 0 Å². The molecule has 5 nitrogen and oxygen atoms in total. The van der Waals surface area contributed by atoms with Gasteiger partial charge in [-0.05, 0) is 19.1 Å². The largest absolute Gasteiger partial charge is 0.465 e. The van der Waals surface area contributed by atoms with Gasteiger partial charge in [0.15, 0.2) is 0 Å². The predicted molar refractivity (Wildman–Crippen MR) is 67.8 cm³/mol. The lowest BCUT2D eigenvalue weighted by Gasteiger charge is -2.12. The van der Waals surface area contributed by atoms with E-state index in [1.807, 2.05) is 0 Å². The molecule has 1 aromatic rings. The Kier molecular flexibility index (Phi) is 4.63. The van der Waals surface area contributed by atoms with Crippen LogP contribution in [0.1, 0.15) is 17.3 Å². The number of benzene rings is 1. The van der Waals surface area contributed by atoms with Gasteiger partial charge in [0.2, 0.25) is 10.0 Å². The van der Waals surface area contributed by atoms with Crippen molar-refractivity contribution < 1.29 is 17.9 Å². The zero-order valence-corrected chi connectivity index (χ0v) is 11.0. The van der Waals surface area contributed by atoms with Crippen LogP contribution in [0.4, 0.5) is 0 Å². The predicted octanol–water partition coefficient (Wildman–Crippen LogP) is 1.33. The molecule has 0 aliphatic heterocycles. The topological polar surface area (TPSA) is 72.5 Å². The van der Waals surface area contributed by atoms with E-state index in [9.17, 15) is 13.2 Å². The lowest BCUT2D eigenvalue weighted by atomic mass is 10.2. The Bertz CT molecular complexity index is 551. The van der Waals surface area contributed by atoms with Crippen LogP contribution >= 0.6 is 0 Å². The van der Waals surface area contributed by atoms with Crippen LogP contribution in [-0.2, 0) is 14.8 Å². The molecule has 0 saturated carbocycles. The van der Waals surface area contributed by atoms with Crippen molar-refractivity contribution in [3.05, 3.63) is 42.5 Å². The summed E-state index contributed by atoms with van der Waals surface area (Å²) in [5.74, 6) is -0.692. The Morgan fingerprint density at radius 2 is 2.06 bits per heavy atom. The van der Waals surface area contributed by atoms with E-state index in [1.165, 1.54) is 25.3 Å². The van der Waals surface area contributed by atoms with E-state index in [1.54, 1.807) is 19.1 Å².